The topological polar surface area (TPSA) is 73.0 Å². The van der Waals surface area contributed by atoms with Gasteiger partial charge in [0, 0.05) is 44.8 Å². The minimum atomic E-state index is -0.582. The van der Waals surface area contributed by atoms with Crippen molar-refractivity contribution in [3.05, 3.63) is 35.9 Å². The third-order valence-corrected chi connectivity index (χ3v) is 4.91. The molecule has 1 heterocycles. The number of piperazine rings is 1. The molecule has 0 bridgehead atoms. The summed E-state index contributed by atoms with van der Waals surface area (Å²) in [6, 6.07) is 8.29. The number of rotatable bonds is 7. The number of likely N-dealkylation sites (N-methyl/N-ethyl adjacent to an activating group) is 1. The van der Waals surface area contributed by atoms with Crippen molar-refractivity contribution in [3.8, 4) is 0 Å². The maximum Gasteiger partial charge on any atom is 0.251 e. The summed E-state index contributed by atoms with van der Waals surface area (Å²) in [5.74, 6) is -0.211. The highest BCUT2D eigenvalue weighted by molar-refractivity contribution is 5.97. The molecule has 0 saturated carbocycles. The third-order valence-electron chi connectivity index (χ3n) is 4.91. The van der Waals surface area contributed by atoms with Gasteiger partial charge in [-0.25, -0.2) is 0 Å². The summed E-state index contributed by atoms with van der Waals surface area (Å²) in [6.07, 6.45) is 0. The largest absolute Gasteiger partial charge is 0.342 e. The molecule has 27 heavy (non-hydrogen) atoms. The number of hydrogen-bond acceptors (Lipinski definition) is 4. The summed E-state index contributed by atoms with van der Waals surface area (Å²) in [4.78, 5) is 42.7. The molecule has 7 nitrogen and oxygen atoms in total. The number of nitrogens with zero attached hydrogens (tertiary/aromatic N) is 3. The maximum atomic E-state index is 12.6. The molecular weight excluding hydrogens is 344 g/mol. The third kappa shape index (κ3) is 5.79. The second-order valence-electron chi connectivity index (χ2n) is 6.73. The zero-order valence-corrected chi connectivity index (χ0v) is 16.5. The van der Waals surface area contributed by atoms with Gasteiger partial charge in [-0.1, -0.05) is 18.2 Å². The van der Waals surface area contributed by atoms with E-state index in [2.05, 4.69) is 10.2 Å². The average molecular weight is 374 g/mol. The second kappa shape index (κ2) is 10.1. The van der Waals surface area contributed by atoms with E-state index < -0.39 is 6.04 Å². The minimum Gasteiger partial charge on any atom is -0.342 e. The first-order valence-corrected chi connectivity index (χ1v) is 9.61. The molecule has 1 aliphatic rings. The number of amides is 3. The molecule has 7 heteroatoms. The highest BCUT2D eigenvalue weighted by Crippen LogP contribution is 2.06. The molecule has 1 N–H and O–H groups in total. The van der Waals surface area contributed by atoms with E-state index in [1.54, 1.807) is 36.1 Å². The first kappa shape index (κ1) is 20.9. The Labute approximate surface area is 161 Å². The lowest BCUT2D eigenvalue weighted by Crippen LogP contribution is -2.55. The second-order valence-corrected chi connectivity index (χ2v) is 6.73. The van der Waals surface area contributed by atoms with E-state index in [1.807, 2.05) is 24.8 Å². The molecule has 0 aliphatic carbocycles. The Morgan fingerprint density at radius 3 is 2.19 bits per heavy atom. The van der Waals surface area contributed by atoms with Gasteiger partial charge in [-0.15, -0.1) is 0 Å². The van der Waals surface area contributed by atoms with E-state index in [4.69, 9.17) is 0 Å². The standard InChI is InChI=1S/C20H30N4O3/c1-4-23(5-2)18(25)15-22-11-13-24(14-12-22)20(27)16(3)21-19(26)17-9-7-6-8-10-17/h6-10,16H,4-5,11-15H2,1-3H3,(H,21,26). The molecule has 1 aliphatic heterocycles. The maximum absolute atomic E-state index is 12.6. The van der Waals surface area contributed by atoms with E-state index in [0.717, 1.165) is 0 Å². The van der Waals surface area contributed by atoms with Gasteiger partial charge in [0.25, 0.3) is 5.91 Å². The van der Waals surface area contributed by atoms with Gasteiger partial charge in [-0.3, -0.25) is 19.3 Å². The van der Waals surface area contributed by atoms with Gasteiger partial charge in [0.1, 0.15) is 6.04 Å². The van der Waals surface area contributed by atoms with Gasteiger partial charge >= 0.3 is 0 Å². The molecule has 1 fully saturated rings. The van der Waals surface area contributed by atoms with Crippen molar-refractivity contribution in [2.45, 2.75) is 26.8 Å². The summed E-state index contributed by atoms with van der Waals surface area (Å²) in [5, 5.41) is 2.76. The summed E-state index contributed by atoms with van der Waals surface area (Å²) >= 11 is 0. The monoisotopic (exact) mass is 374 g/mol. The summed E-state index contributed by atoms with van der Waals surface area (Å²) in [6.45, 7) is 9.94. The van der Waals surface area contributed by atoms with Gasteiger partial charge in [-0.2, -0.15) is 0 Å². The van der Waals surface area contributed by atoms with Crippen LogP contribution in [0.2, 0.25) is 0 Å². The Bertz CT molecular complexity index is 638. The zero-order chi connectivity index (χ0) is 19.8. The van der Waals surface area contributed by atoms with Crippen molar-refractivity contribution in [3.63, 3.8) is 0 Å². The predicted octanol–water partition coefficient (Wildman–Crippen LogP) is 0.818. The van der Waals surface area contributed by atoms with Crippen LogP contribution in [0.1, 0.15) is 31.1 Å². The Kier molecular flexibility index (Phi) is 7.79. The van der Waals surface area contributed by atoms with Crippen molar-refractivity contribution in [2.24, 2.45) is 0 Å². The lowest BCUT2D eigenvalue weighted by molar-refractivity contribution is -0.136. The Morgan fingerprint density at radius 1 is 1.04 bits per heavy atom. The van der Waals surface area contributed by atoms with E-state index >= 15 is 0 Å². The Morgan fingerprint density at radius 2 is 1.63 bits per heavy atom. The first-order chi connectivity index (χ1) is 13.0. The van der Waals surface area contributed by atoms with Crippen molar-refractivity contribution in [1.82, 2.24) is 20.0 Å². The molecule has 1 aromatic rings. The average Bonchev–Trinajstić information content (AvgIpc) is 2.69. The number of carbonyl (C=O) groups excluding carboxylic acids is 3. The van der Waals surface area contributed by atoms with Crippen LogP contribution in [0, 0.1) is 0 Å². The molecule has 1 aromatic carbocycles. The summed E-state index contributed by atoms with van der Waals surface area (Å²) in [5.41, 5.74) is 0.539. The van der Waals surface area contributed by atoms with Crippen LogP contribution in [-0.2, 0) is 9.59 Å². The van der Waals surface area contributed by atoms with E-state index in [0.29, 0.717) is 51.4 Å². The minimum absolute atomic E-state index is 0.0889. The predicted molar refractivity (Wildman–Crippen MR) is 104 cm³/mol. The number of hydrogen-bond donors (Lipinski definition) is 1. The molecular formula is C20H30N4O3. The zero-order valence-electron chi connectivity index (χ0n) is 16.5. The normalized spacial score (nSPS) is 15.9. The van der Waals surface area contributed by atoms with Crippen LogP contribution in [0.15, 0.2) is 30.3 Å². The van der Waals surface area contributed by atoms with Crippen LogP contribution in [0.3, 0.4) is 0 Å². The molecule has 148 valence electrons. The quantitative estimate of drug-likeness (QED) is 0.767. The van der Waals surface area contributed by atoms with Crippen LogP contribution in [0.5, 0.6) is 0 Å². The van der Waals surface area contributed by atoms with Crippen LogP contribution in [-0.4, -0.2) is 84.3 Å². The molecule has 3 amide bonds. The van der Waals surface area contributed by atoms with Gasteiger partial charge in [0.05, 0.1) is 6.54 Å². The molecule has 1 atom stereocenters. The van der Waals surface area contributed by atoms with E-state index in [1.165, 1.54) is 0 Å². The van der Waals surface area contributed by atoms with Crippen LogP contribution in [0.25, 0.3) is 0 Å². The molecule has 2 rings (SSSR count). The lowest BCUT2D eigenvalue weighted by atomic mass is 10.2. The van der Waals surface area contributed by atoms with E-state index in [-0.39, 0.29) is 17.7 Å². The number of carbonyl (C=O) groups is 3. The van der Waals surface area contributed by atoms with E-state index in [9.17, 15) is 14.4 Å². The number of benzene rings is 1. The SMILES string of the molecule is CCN(CC)C(=O)CN1CCN(C(=O)C(C)NC(=O)c2ccccc2)CC1. The molecule has 1 unspecified atom stereocenters. The molecule has 0 aromatic heterocycles. The Balaban J connectivity index is 1.80. The van der Waals surface area contributed by atoms with Crippen LogP contribution < -0.4 is 5.32 Å². The smallest absolute Gasteiger partial charge is 0.251 e. The fraction of sp³-hybridized carbons (Fsp3) is 0.550. The molecule has 1 saturated heterocycles. The van der Waals surface area contributed by atoms with Crippen molar-refractivity contribution in [2.75, 3.05) is 45.8 Å². The van der Waals surface area contributed by atoms with Crippen LogP contribution in [0.4, 0.5) is 0 Å². The van der Waals surface area contributed by atoms with Crippen molar-refractivity contribution in [1.29, 1.82) is 0 Å². The first-order valence-electron chi connectivity index (χ1n) is 9.61. The Hall–Kier alpha value is -2.41. The highest BCUT2D eigenvalue weighted by Gasteiger charge is 2.27. The summed E-state index contributed by atoms with van der Waals surface area (Å²) in [7, 11) is 0. The van der Waals surface area contributed by atoms with Crippen LogP contribution >= 0.6 is 0 Å². The van der Waals surface area contributed by atoms with Crippen molar-refractivity contribution < 1.29 is 14.4 Å². The van der Waals surface area contributed by atoms with Gasteiger partial charge in [0.15, 0.2) is 0 Å². The molecule has 0 spiro atoms. The fourth-order valence-corrected chi connectivity index (χ4v) is 3.20. The summed E-state index contributed by atoms with van der Waals surface area (Å²) < 4.78 is 0. The highest BCUT2D eigenvalue weighted by atomic mass is 16.2. The molecule has 0 radical (unpaired) electrons. The fourth-order valence-electron chi connectivity index (χ4n) is 3.20. The van der Waals surface area contributed by atoms with Gasteiger partial charge in [0.2, 0.25) is 11.8 Å². The number of nitrogens with one attached hydrogen (secondary N) is 1. The van der Waals surface area contributed by atoms with Crippen molar-refractivity contribution >= 4 is 17.7 Å². The van der Waals surface area contributed by atoms with Gasteiger partial charge in [-0.05, 0) is 32.9 Å². The van der Waals surface area contributed by atoms with Gasteiger partial charge < -0.3 is 15.1 Å². The lowest BCUT2D eigenvalue weighted by Gasteiger charge is -2.36.